The molecule has 0 aromatic carbocycles. The number of aliphatic hydroxyl groups excluding tert-OH is 1. The number of unbranched alkanes of at least 4 members (excludes halogenated alkanes) is 2. The molecular formula is C31H49N3O5. The van der Waals surface area contributed by atoms with E-state index in [1.165, 1.54) is 6.42 Å². The zero-order chi connectivity index (χ0) is 28.2. The third-order valence-electron chi connectivity index (χ3n) is 9.61. The molecule has 3 aliphatic heterocycles. The summed E-state index contributed by atoms with van der Waals surface area (Å²) in [4.78, 5) is 48.4. The minimum absolute atomic E-state index is 0.0614. The van der Waals surface area contributed by atoms with Gasteiger partial charge in [-0.1, -0.05) is 38.3 Å². The minimum atomic E-state index is -1.000. The van der Waals surface area contributed by atoms with E-state index in [0.717, 1.165) is 38.5 Å². The van der Waals surface area contributed by atoms with Crippen molar-refractivity contribution in [2.45, 2.75) is 108 Å². The normalized spacial score (nSPS) is 31.8. The van der Waals surface area contributed by atoms with Crippen molar-refractivity contribution < 1.29 is 24.2 Å². The van der Waals surface area contributed by atoms with Gasteiger partial charge in [0.1, 0.15) is 11.6 Å². The molecule has 0 aromatic heterocycles. The Bertz CT molecular complexity index is 933. The average Bonchev–Trinajstić information content (AvgIpc) is 3.50. The van der Waals surface area contributed by atoms with Crippen molar-refractivity contribution in [3.8, 4) is 0 Å². The smallest absolute Gasteiger partial charge is 0.248 e. The van der Waals surface area contributed by atoms with E-state index in [2.05, 4.69) is 13.2 Å². The Balaban J connectivity index is 1.72. The SMILES string of the molecule is C=CCN(CCC)C(=O)[C@@H]1[C@H]2C(=O)N(CCCCCO)C(C(=O)N(CC=C)C3CCCCC3)C23CC[C@@]1(C)O3. The van der Waals surface area contributed by atoms with Gasteiger partial charge in [0.25, 0.3) is 0 Å². The molecule has 3 saturated heterocycles. The number of likely N-dealkylation sites (tertiary alicyclic amines) is 1. The van der Waals surface area contributed by atoms with Gasteiger partial charge in [-0.2, -0.15) is 0 Å². The summed E-state index contributed by atoms with van der Waals surface area (Å²) in [5.41, 5.74) is -1.78. The molecule has 1 aliphatic carbocycles. The summed E-state index contributed by atoms with van der Waals surface area (Å²) in [6.45, 7) is 13.8. The molecular weight excluding hydrogens is 494 g/mol. The van der Waals surface area contributed by atoms with Crippen molar-refractivity contribution in [1.82, 2.24) is 14.7 Å². The molecule has 3 amide bonds. The number of nitrogens with zero attached hydrogens (tertiary/aromatic N) is 3. The largest absolute Gasteiger partial charge is 0.396 e. The molecule has 5 atom stereocenters. The quantitative estimate of drug-likeness (QED) is 0.267. The summed E-state index contributed by atoms with van der Waals surface area (Å²) in [6.07, 6.45) is 13.0. The van der Waals surface area contributed by atoms with Crippen LogP contribution in [0.15, 0.2) is 25.3 Å². The fourth-order valence-corrected chi connectivity index (χ4v) is 7.91. The van der Waals surface area contributed by atoms with E-state index in [9.17, 15) is 19.5 Å². The van der Waals surface area contributed by atoms with E-state index in [1.54, 1.807) is 22.0 Å². The first kappa shape index (κ1) is 29.8. The number of hydrogen-bond donors (Lipinski definition) is 1. The van der Waals surface area contributed by atoms with Crippen LogP contribution < -0.4 is 0 Å². The van der Waals surface area contributed by atoms with Crippen molar-refractivity contribution in [2.75, 3.05) is 32.8 Å². The van der Waals surface area contributed by atoms with Crippen molar-refractivity contribution in [2.24, 2.45) is 11.8 Å². The first-order valence-corrected chi connectivity index (χ1v) is 15.2. The molecule has 4 aliphatic rings. The fourth-order valence-electron chi connectivity index (χ4n) is 7.91. The topological polar surface area (TPSA) is 90.4 Å². The summed E-state index contributed by atoms with van der Waals surface area (Å²) < 4.78 is 6.84. The molecule has 8 heteroatoms. The van der Waals surface area contributed by atoms with Gasteiger partial charge in [-0.25, -0.2) is 0 Å². The van der Waals surface area contributed by atoms with Crippen molar-refractivity contribution in [3.63, 3.8) is 0 Å². The highest BCUT2D eigenvalue weighted by molar-refractivity contribution is 5.99. The van der Waals surface area contributed by atoms with Gasteiger partial charge in [-0.3, -0.25) is 14.4 Å². The molecule has 8 nitrogen and oxygen atoms in total. The van der Waals surface area contributed by atoms with E-state index in [4.69, 9.17) is 4.74 Å². The van der Waals surface area contributed by atoms with E-state index in [1.807, 2.05) is 18.7 Å². The van der Waals surface area contributed by atoms with Gasteiger partial charge in [0, 0.05) is 38.8 Å². The summed E-state index contributed by atoms with van der Waals surface area (Å²) in [5.74, 6) is -1.55. The summed E-state index contributed by atoms with van der Waals surface area (Å²) in [7, 11) is 0. The number of carbonyl (C=O) groups excluding carboxylic acids is 3. The molecule has 218 valence electrons. The number of amides is 3. The van der Waals surface area contributed by atoms with E-state index < -0.39 is 29.1 Å². The Morgan fingerprint density at radius 1 is 1.08 bits per heavy atom. The number of rotatable bonds is 14. The van der Waals surface area contributed by atoms with Crippen LogP contribution in [-0.2, 0) is 19.1 Å². The van der Waals surface area contributed by atoms with Crippen LogP contribution in [0, 0.1) is 11.8 Å². The lowest BCUT2D eigenvalue weighted by Gasteiger charge is -2.40. The van der Waals surface area contributed by atoms with Crippen LogP contribution in [-0.4, -0.2) is 93.6 Å². The second-order valence-electron chi connectivity index (χ2n) is 12.2. The van der Waals surface area contributed by atoms with Crippen LogP contribution in [0.2, 0.25) is 0 Å². The van der Waals surface area contributed by atoms with Gasteiger partial charge >= 0.3 is 0 Å². The minimum Gasteiger partial charge on any atom is -0.396 e. The Morgan fingerprint density at radius 2 is 1.79 bits per heavy atom. The van der Waals surface area contributed by atoms with Crippen LogP contribution in [0.3, 0.4) is 0 Å². The number of fused-ring (bicyclic) bond motifs is 1. The number of ether oxygens (including phenoxy) is 1. The second kappa shape index (κ2) is 12.5. The van der Waals surface area contributed by atoms with Gasteiger partial charge in [-0.05, 0) is 58.3 Å². The first-order chi connectivity index (χ1) is 18.8. The van der Waals surface area contributed by atoms with Crippen LogP contribution in [0.4, 0.5) is 0 Å². The summed E-state index contributed by atoms with van der Waals surface area (Å²) >= 11 is 0. The molecule has 1 spiro atoms. The van der Waals surface area contributed by atoms with Crippen molar-refractivity contribution in [1.29, 1.82) is 0 Å². The predicted molar refractivity (Wildman–Crippen MR) is 151 cm³/mol. The highest BCUT2D eigenvalue weighted by Crippen LogP contribution is 2.63. The zero-order valence-electron chi connectivity index (χ0n) is 24.1. The van der Waals surface area contributed by atoms with Crippen LogP contribution in [0.5, 0.6) is 0 Å². The predicted octanol–water partition coefficient (Wildman–Crippen LogP) is 3.69. The van der Waals surface area contributed by atoms with Gasteiger partial charge in [0.05, 0.1) is 17.4 Å². The molecule has 0 aromatic rings. The molecule has 3 heterocycles. The van der Waals surface area contributed by atoms with Crippen LogP contribution in [0.25, 0.3) is 0 Å². The summed E-state index contributed by atoms with van der Waals surface area (Å²) in [5, 5.41) is 9.29. The Hall–Kier alpha value is -2.19. The number of hydrogen-bond acceptors (Lipinski definition) is 5. The molecule has 4 fully saturated rings. The molecule has 2 unspecified atom stereocenters. The van der Waals surface area contributed by atoms with Crippen LogP contribution >= 0.6 is 0 Å². The van der Waals surface area contributed by atoms with Gasteiger partial charge < -0.3 is 24.5 Å². The molecule has 1 saturated carbocycles. The van der Waals surface area contributed by atoms with Gasteiger partial charge in [0.15, 0.2) is 0 Å². The Labute approximate surface area is 234 Å². The Kier molecular flexibility index (Phi) is 9.58. The molecule has 1 N–H and O–H groups in total. The van der Waals surface area contributed by atoms with Gasteiger partial charge in [0.2, 0.25) is 17.7 Å². The lowest BCUT2D eigenvalue weighted by Crippen LogP contribution is -2.58. The molecule has 0 radical (unpaired) electrons. The average molecular weight is 544 g/mol. The van der Waals surface area contributed by atoms with E-state index in [-0.39, 0.29) is 30.4 Å². The maximum atomic E-state index is 14.6. The number of carbonyl (C=O) groups is 3. The number of aliphatic hydroxyl groups is 1. The maximum absolute atomic E-state index is 14.6. The fraction of sp³-hybridized carbons (Fsp3) is 0.774. The molecule has 39 heavy (non-hydrogen) atoms. The summed E-state index contributed by atoms with van der Waals surface area (Å²) in [6, 6.07) is -0.616. The molecule has 2 bridgehead atoms. The lowest BCUT2D eigenvalue weighted by atomic mass is 9.66. The van der Waals surface area contributed by atoms with Crippen molar-refractivity contribution >= 4 is 17.7 Å². The molecule has 4 rings (SSSR count). The Morgan fingerprint density at radius 3 is 2.44 bits per heavy atom. The van der Waals surface area contributed by atoms with E-state index in [0.29, 0.717) is 51.9 Å². The van der Waals surface area contributed by atoms with E-state index >= 15 is 0 Å². The highest BCUT2D eigenvalue weighted by atomic mass is 16.5. The standard InChI is InChI=1S/C31H49N3O5/c1-5-18-32(19-6-2)27(36)24-25-28(37)34(21-12-9-13-22-35)26(31(25)17-16-30(24,4)39-31)29(38)33(20-7-3)23-14-10-8-11-15-23/h5,7,23-26,35H,1,3,6,8-22H2,2,4H3/t24-,25-,26?,30+,31?/m0/s1. The van der Waals surface area contributed by atoms with Crippen molar-refractivity contribution in [3.05, 3.63) is 25.3 Å². The third kappa shape index (κ3) is 5.31. The monoisotopic (exact) mass is 543 g/mol. The second-order valence-corrected chi connectivity index (χ2v) is 12.2. The third-order valence-corrected chi connectivity index (χ3v) is 9.61. The van der Waals surface area contributed by atoms with Gasteiger partial charge in [-0.15, -0.1) is 13.2 Å². The maximum Gasteiger partial charge on any atom is 0.248 e. The lowest BCUT2D eigenvalue weighted by molar-refractivity contribution is -0.155. The van der Waals surface area contributed by atoms with Crippen LogP contribution in [0.1, 0.15) is 84.5 Å². The zero-order valence-corrected chi connectivity index (χ0v) is 24.1. The first-order valence-electron chi connectivity index (χ1n) is 15.2. The highest BCUT2D eigenvalue weighted by Gasteiger charge is 2.78.